The van der Waals surface area contributed by atoms with Crippen molar-refractivity contribution in [3.8, 4) is 56.5 Å². The molecule has 0 bridgehead atoms. The van der Waals surface area contributed by atoms with Crippen LogP contribution in [0.15, 0.2) is 170 Å². The monoisotopic (exact) mass is 872 g/mol. The van der Waals surface area contributed by atoms with Crippen LogP contribution in [0.2, 0.25) is 0 Å². The molecular formula is C48H29N4OPt-. The summed E-state index contributed by atoms with van der Waals surface area (Å²) >= 11 is 0. The Morgan fingerprint density at radius 3 is 2.07 bits per heavy atom. The average molecular weight is 873 g/mol. The van der Waals surface area contributed by atoms with Crippen molar-refractivity contribution in [2.75, 3.05) is 0 Å². The summed E-state index contributed by atoms with van der Waals surface area (Å²) in [6, 6.07) is 61.4. The summed E-state index contributed by atoms with van der Waals surface area (Å²) in [5.41, 5.74) is 12.4. The molecule has 0 aliphatic rings. The molecule has 0 atom stereocenters. The maximum absolute atomic E-state index is 11.3. The number of benzene rings is 7. The molecule has 0 aliphatic carbocycles. The summed E-state index contributed by atoms with van der Waals surface area (Å²) in [6.45, 7) is 0. The zero-order valence-electron chi connectivity index (χ0n) is 28.7. The molecule has 0 spiro atoms. The van der Waals surface area contributed by atoms with Crippen LogP contribution in [-0.2, 0) is 21.1 Å². The molecule has 5 nitrogen and oxygen atoms in total. The molecule has 7 aromatic carbocycles. The predicted octanol–water partition coefficient (Wildman–Crippen LogP) is 11.7. The number of fused-ring (bicyclic) bond motifs is 7. The topological polar surface area (TPSA) is 55.4 Å². The minimum absolute atomic E-state index is 0. The van der Waals surface area contributed by atoms with Crippen molar-refractivity contribution in [3.63, 3.8) is 0 Å². The van der Waals surface area contributed by atoms with Crippen LogP contribution < -0.4 is 0 Å². The van der Waals surface area contributed by atoms with E-state index in [1.54, 1.807) is 6.07 Å². The van der Waals surface area contributed by atoms with E-state index in [1.807, 2.05) is 42.5 Å². The van der Waals surface area contributed by atoms with Crippen molar-refractivity contribution in [2.45, 2.75) is 0 Å². The Hall–Kier alpha value is -6.55. The number of nitrogens with zero attached hydrogens (tertiary/aromatic N) is 4. The maximum Gasteiger partial charge on any atom is 0.149 e. The molecule has 0 amide bonds. The van der Waals surface area contributed by atoms with Crippen LogP contribution in [0.25, 0.3) is 99.8 Å². The Balaban J connectivity index is 0.00000361. The first-order valence-electron chi connectivity index (χ1n) is 17.7. The van der Waals surface area contributed by atoms with Gasteiger partial charge in [0.25, 0.3) is 0 Å². The van der Waals surface area contributed by atoms with Crippen LogP contribution in [0, 0.1) is 6.07 Å². The van der Waals surface area contributed by atoms with E-state index in [2.05, 4.69) is 136 Å². The van der Waals surface area contributed by atoms with Crippen molar-refractivity contribution in [1.29, 1.82) is 0 Å². The molecule has 258 valence electrons. The van der Waals surface area contributed by atoms with Crippen molar-refractivity contribution in [1.82, 2.24) is 18.9 Å². The van der Waals surface area contributed by atoms with Crippen molar-refractivity contribution < 1.29 is 26.2 Å². The number of hydrogen-bond acceptors (Lipinski definition) is 3. The van der Waals surface area contributed by atoms with Gasteiger partial charge in [0.15, 0.2) is 0 Å². The fourth-order valence-electron chi connectivity index (χ4n) is 8.24. The van der Waals surface area contributed by atoms with Gasteiger partial charge in [-0.1, -0.05) is 115 Å². The second kappa shape index (κ2) is 12.5. The molecule has 6 heteroatoms. The Bertz CT molecular complexity index is 3180. The number of para-hydroxylation sites is 5. The first-order valence-corrected chi connectivity index (χ1v) is 17.7. The third kappa shape index (κ3) is 4.68. The Morgan fingerprint density at radius 2 is 1.22 bits per heavy atom. The number of aromatic hydroxyl groups is 1. The Morgan fingerprint density at radius 1 is 0.537 bits per heavy atom. The zero-order chi connectivity index (χ0) is 35.0. The normalized spacial score (nSPS) is 11.6. The van der Waals surface area contributed by atoms with Gasteiger partial charge in [-0.2, -0.15) is 0 Å². The van der Waals surface area contributed by atoms with E-state index in [1.165, 1.54) is 16.3 Å². The van der Waals surface area contributed by atoms with Gasteiger partial charge < -0.3 is 9.51 Å². The van der Waals surface area contributed by atoms with Crippen LogP contribution in [0.3, 0.4) is 0 Å². The van der Waals surface area contributed by atoms with Gasteiger partial charge >= 0.3 is 0 Å². The molecule has 0 saturated carbocycles. The van der Waals surface area contributed by atoms with E-state index >= 15 is 0 Å². The number of hydrogen-bond donors (Lipinski definition) is 1. The van der Waals surface area contributed by atoms with Gasteiger partial charge in [0.2, 0.25) is 0 Å². The molecule has 4 heterocycles. The van der Waals surface area contributed by atoms with Gasteiger partial charge in [0.1, 0.15) is 11.6 Å². The van der Waals surface area contributed by atoms with E-state index in [9.17, 15) is 5.11 Å². The largest absolute Gasteiger partial charge is 0.507 e. The summed E-state index contributed by atoms with van der Waals surface area (Å²) in [7, 11) is 0. The number of imidazole rings is 1. The summed E-state index contributed by atoms with van der Waals surface area (Å²) in [6.07, 6.45) is 0. The van der Waals surface area contributed by atoms with Crippen LogP contribution in [0.5, 0.6) is 5.75 Å². The summed E-state index contributed by atoms with van der Waals surface area (Å²) in [5.74, 6) is 0.818. The molecule has 0 aliphatic heterocycles. The molecular weight excluding hydrogens is 844 g/mol. The smallest absolute Gasteiger partial charge is 0.149 e. The van der Waals surface area contributed by atoms with Crippen LogP contribution in [0.4, 0.5) is 0 Å². The van der Waals surface area contributed by atoms with Crippen LogP contribution in [0.1, 0.15) is 0 Å². The fraction of sp³-hybridized carbons (Fsp3) is 0. The molecule has 11 aromatic rings. The van der Waals surface area contributed by atoms with Crippen LogP contribution in [-0.4, -0.2) is 24.0 Å². The van der Waals surface area contributed by atoms with Gasteiger partial charge in [-0.3, -0.25) is 9.55 Å². The van der Waals surface area contributed by atoms with Crippen molar-refractivity contribution in [2.24, 2.45) is 0 Å². The third-order valence-electron chi connectivity index (χ3n) is 10.5. The minimum Gasteiger partial charge on any atom is -0.507 e. The second-order valence-corrected chi connectivity index (χ2v) is 13.4. The summed E-state index contributed by atoms with van der Waals surface area (Å²) < 4.78 is 4.58. The van der Waals surface area contributed by atoms with Gasteiger partial charge in [-0.15, -0.1) is 35.9 Å². The fourth-order valence-corrected chi connectivity index (χ4v) is 8.24. The van der Waals surface area contributed by atoms with Gasteiger partial charge in [-0.05, 0) is 41.6 Å². The van der Waals surface area contributed by atoms with E-state index in [4.69, 9.17) is 9.97 Å². The van der Waals surface area contributed by atoms with E-state index in [0.717, 1.165) is 72.2 Å². The SMILES string of the molecule is Oc1ccccc1-c1nc2c(-c3nc(-c4[c-]cccc4)cc4c3c3cccc5c6ccccc6n4c53)cccc2n1-c1ccccc1-c1ccccc1.[Pt]. The summed E-state index contributed by atoms with van der Waals surface area (Å²) in [4.78, 5) is 10.9. The molecule has 4 aromatic heterocycles. The molecule has 0 fully saturated rings. The number of phenolic OH excluding ortho intramolecular Hbond substituents is 1. The van der Waals surface area contributed by atoms with Crippen molar-refractivity contribution in [3.05, 3.63) is 176 Å². The molecule has 11 rings (SSSR count). The van der Waals surface area contributed by atoms with Crippen molar-refractivity contribution >= 4 is 49.1 Å². The maximum atomic E-state index is 11.3. The number of rotatable bonds is 5. The third-order valence-corrected chi connectivity index (χ3v) is 10.5. The van der Waals surface area contributed by atoms with E-state index in [0.29, 0.717) is 11.4 Å². The zero-order valence-corrected chi connectivity index (χ0v) is 31.0. The first kappa shape index (κ1) is 32.1. The number of phenols is 1. The molecule has 0 radical (unpaired) electrons. The minimum atomic E-state index is 0. The standard InChI is InChI=1S/C48H29N4O.Pt/c53-43-28-12-9-21-35(43)48-50-45-37(24-14-27-41(45)52(48)39-25-10-7-19-32(39)30-15-3-1-4-16-30)46-44-36-23-13-22-34-33-20-8-11-26-40(33)51(47(34)36)42(44)29-38(49-46)31-17-5-2-6-18-31;/h1-17,19-29,53H;/q-1;. The quantitative estimate of drug-likeness (QED) is 0.175. The van der Waals surface area contributed by atoms with Crippen LogP contribution >= 0.6 is 0 Å². The predicted molar refractivity (Wildman–Crippen MR) is 216 cm³/mol. The van der Waals surface area contributed by atoms with Gasteiger partial charge in [0, 0.05) is 59.3 Å². The molecule has 0 unspecified atom stereocenters. The number of pyridine rings is 1. The molecule has 54 heavy (non-hydrogen) atoms. The van der Waals surface area contributed by atoms with Gasteiger partial charge in [0.05, 0.1) is 39.0 Å². The Labute approximate surface area is 325 Å². The molecule has 0 saturated heterocycles. The van der Waals surface area contributed by atoms with Gasteiger partial charge in [-0.25, -0.2) is 4.98 Å². The van der Waals surface area contributed by atoms with E-state index < -0.39 is 0 Å². The average Bonchev–Trinajstić information content (AvgIpc) is 3.89. The Kier molecular flexibility index (Phi) is 7.46. The first-order chi connectivity index (χ1) is 26.2. The van der Waals surface area contributed by atoms with E-state index in [-0.39, 0.29) is 26.8 Å². The molecule has 1 N–H and O–H groups in total. The second-order valence-electron chi connectivity index (χ2n) is 13.4. The summed E-state index contributed by atoms with van der Waals surface area (Å²) in [5, 5.41) is 16.0. The number of aromatic nitrogens is 4.